The molecule has 4 nitrogen and oxygen atoms in total. The van der Waals surface area contributed by atoms with Crippen molar-refractivity contribution in [1.82, 2.24) is 10.2 Å². The molecule has 0 amide bonds. The van der Waals surface area contributed by atoms with Gasteiger partial charge in [-0.1, -0.05) is 25.0 Å². The number of halogens is 1. The van der Waals surface area contributed by atoms with Crippen LogP contribution in [0.3, 0.4) is 0 Å². The minimum absolute atomic E-state index is 0.316. The van der Waals surface area contributed by atoms with Crippen LogP contribution in [0.1, 0.15) is 13.8 Å². The zero-order valence-corrected chi connectivity index (χ0v) is 9.77. The summed E-state index contributed by atoms with van der Waals surface area (Å²) >= 11 is 0. The fourth-order valence-corrected chi connectivity index (χ4v) is 1.32. The van der Waals surface area contributed by atoms with Gasteiger partial charge in [-0.3, -0.25) is 0 Å². The first kappa shape index (κ1) is 11.6. The van der Waals surface area contributed by atoms with E-state index in [1.165, 1.54) is 12.1 Å². The van der Waals surface area contributed by atoms with Gasteiger partial charge in [-0.05, 0) is 24.1 Å². The van der Waals surface area contributed by atoms with Crippen molar-refractivity contribution in [2.75, 3.05) is 11.9 Å². The molecule has 0 aliphatic heterocycles. The third kappa shape index (κ3) is 3.03. The maximum Gasteiger partial charge on any atom is 0.315 e. The molecule has 1 aromatic heterocycles. The molecule has 90 valence electrons. The molecule has 0 spiro atoms. The summed E-state index contributed by atoms with van der Waals surface area (Å²) in [7, 11) is 0. The molecule has 1 heterocycles. The van der Waals surface area contributed by atoms with E-state index in [0.717, 1.165) is 6.54 Å². The van der Waals surface area contributed by atoms with E-state index >= 15 is 0 Å². The first-order valence-corrected chi connectivity index (χ1v) is 5.48. The van der Waals surface area contributed by atoms with E-state index < -0.39 is 0 Å². The van der Waals surface area contributed by atoms with Crippen LogP contribution in [0, 0.1) is 11.7 Å². The summed E-state index contributed by atoms with van der Waals surface area (Å²) in [5.41, 5.74) is 0.579. The molecule has 0 aliphatic rings. The average molecular weight is 235 g/mol. The lowest BCUT2D eigenvalue weighted by molar-refractivity contribution is 0.568. The Labute approximate surface area is 98.9 Å². The van der Waals surface area contributed by atoms with Crippen molar-refractivity contribution in [3.05, 3.63) is 30.1 Å². The Bertz CT molecular complexity index is 496. The van der Waals surface area contributed by atoms with Crippen LogP contribution in [0.15, 0.2) is 28.7 Å². The Balaban J connectivity index is 2.12. The minimum Gasteiger partial charge on any atom is -0.403 e. The van der Waals surface area contributed by atoms with Crippen LogP contribution in [-0.4, -0.2) is 16.7 Å². The quantitative estimate of drug-likeness (QED) is 0.885. The lowest BCUT2D eigenvalue weighted by Crippen LogP contribution is -2.07. The summed E-state index contributed by atoms with van der Waals surface area (Å²) in [4.78, 5) is 0. The van der Waals surface area contributed by atoms with Crippen LogP contribution in [0.5, 0.6) is 0 Å². The number of benzene rings is 1. The van der Waals surface area contributed by atoms with Crippen molar-refractivity contribution in [3.63, 3.8) is 0 Å². The van der Waals surface area contributed by atoms with Gasteiger partial charge in [-0.2, -0.15) is 0 Å². The molecular weight excluding hydrogens is 221 g/mol. The van der Waals surface area contributed by atoms with Crippen molar-refractivity contribution in [2.24, 2.45) is 5.92 Å². The molecule has 2 aromatic rings. The monoisotopic (exact) mass is 235 g/mol. The van der Waals surface area contributed by atoms with Gasteiger partial charge in [0, 0.05) is 12.1 Å². The van der Waals surface area contributed by atoms with Crippen LogP contribution in [-0.2, 0) is 0 Å². The van der Waals surface area contributed by atoms with Crippen molar-refractivity contribution in [2.45, 2.75) is 13.8 Å². The first-order chi connectivity index (χ1) is 8.15. The van der Waals surface area contributed by atoms with Gasteiger partial charge < -0.3 is 9.73 Å². The molecule has 0 saturated heterocycles. The summed E-state index contributed by atoms with van der Waals surface area (Å²) in [6, 6.07) is 6.43. The second-order valence-electron chi connectivity index (χ2n) is 4.20. The fourth-order valence-electron chi connectivity index (χ4n) is 1.32. The van der Waals surface area contributed by atoms with Gasteiger partial charge in [0.15, 0.2) is 0 Å². The van der Waals surface area contributed by atoms with Gasteiger partial charge in [0.1, 0.15) is 5.82 Å². The Kier molecular flexibility index (Phi) is 3.37. The molecule has 1 aromatic carbocycles. The summed E-state index contributed by atoms with van der Waals surface area (Å²) < 4.78 is 18.4. The van der Waals surface area contributed by atoms with Crippen molar-refractivity contribution < 1.29 is 8.81 Å². The second kappa shape index (κ2) is 4.95. The van der Waals surface area contributed by atoms with Crippen LogP contribution >= 0.6 is 0 Å². The van der Waals surface area contributed by atoms with Crippen LogP contribution in [0.2, 0.25) is 0 Å². The van der Waals surface area contributed by atoms with E-state index in [0.29, 0.717) is 23.4 Å². The second-order valence-corrected chi connectivity index (χ2v) is 4.20. The predicted molar refractivity (Wildman–Crippen MR) is 63.0 cm³/mol. The first-order valence-electron chi connectivity index (χ1n) is 5.48. The molecule has 0 saturated carbocycles. The van der Waals surface area contributed by atoms with Crippen LogP contribution in [0.25, 0.3) is 11.5 Å². The van der Waals surface area contributed by atoms with Gasteiger partial charge in [0.25, 0.3) is 0 Å². The third-order valence-corrected chi connectivity index (χ3v) is 2.16. The Morgan fingerprint density at radius 3 is 2.88 bits per heavy atom. The summed E-state index contributed by atoms with van der Waals surface area (Å²) in [5, 5.41) is 10.7. The van der Waals surface area contributed by atoms with Gasteiger partial charge in [-0.25, -0.2) is 4.39 Å². The number of rotatable bonds is 4. The van der Waals surface area contributed by atoms with Crippen molar-refractivity contribution in [1.29, 1.82) is 0 Å². The molecule has 2 rings (SSSR count). The number of hydrogen-bond acceptors (Lipinski definition) is 4. The highest BCUT2D eigenvalue weighted by molar-refractivity contribution is 5.53. The largest absolute Gasteiger partial charge is 0.403 e. The van der Waals surface area contributed by atoms with Gasteiger partial charge >= 0.3 is 6.01 Å². The standard InChI is InChI=1S/C12H14FN3O/c1-8(2)7-14-12-16-15-11(17-12)9-4-3-5-10(13)6-9/h3-6,8H,7H2,1-2H3,(H,14,16). The Morgan fingerprint density at radius 1 is 1.35 bits per heavy atom. The smallest absolute Gasteiger partial charge is 0.315 e. The third-order valence-electron chi connectivity index (χ3n) is 2.16. The molecule has 17 heavy (non-hydrogen) atoms. The lowest BCUT2D eigenvalue weighted by atomic mass is 10.2. The molecule has 0 aliphatic carbocycles. The topological polar surface area (TPSA) is 51.0 Å². The number of nitrogens with zero attached hydrogens (tertiary/aromatic N) is 2. The molecule has 0 unspecified atom stereocenters. The van der Waals surface area contributed by atoms with Crippen molar-refractivity contribution in [3.8, 4) is 11.5 Å². The van der Waals surface area contributed by atoms with E-state index in [2.05, 4.69) is 29.4 Å². The molecule has 5 heteroatoms. The number of anilines is 1. The highest BCUT2D eigenvalue weighted by Crippen LogP contribution is 2.20. The Hall–Kier alpha value is -1.91. The molecule has 0 bridgehead atoms. The van der Waals surface area contributed by atoms with E-state index in [1.54, 1.807) is 12.1 Å². The maximum atomic E-state index is 13.0. The van der Waals surface area contributed by atoms with Gasteiger partial charge in [0.05, 0.1) is 0 Å². The molecule has 1 N–H and O–H groups in total. The fraction of sp³-hybridized carbons (Fsp3) is 0.333. The van der Waals surface area contributed by atoms with Crippen LogP contribution in [0.4, 0.5) is 10.4 Å². The van der Waals surface area contributed by atoms with Crippen molar-refractivity contribution >= 4 is 6.01 Å². The normalized spacial score (nSPS) is 10.8. The zero-order valence-electron chi connectivity index (χ0n) is 9.77. The van der Waals surface area contributed by atoms with Gasteiger partial charge in [-0.15, -0.1) is 5.10 Å². The number of aromatic nitrogens is 2. The minimum atomic E-state index is -0.322. The van der Waals surface area contributed by atoms with E-state index in [-0.39, 0.29) is 5.82 Å². The highest BCUT2D eigenvalue weighted by atomic mass is 19.1. The summed E-state index contributed by atoms with van der Waals surface area (Å²) in [6.45, 7) is 4.92. The zero-order chi connectivity index (χ0) is 12.3. The molecule has 0 radical (unpaired) electrons. The SMILES string of the molecule is CC(C)CNc1nnc(-c2cccc(F)c2)o1. The van der Waals surface area contributed by atoms with E-state index in [9.17, 15) is 4.39 Å². The van der Waals surface area contributed by atoms with E-state index in [1.807, 2.05) is 0 Å². The predicted octanol–water partition coefficient (Wildman–Crippen LogP) is 2.94. The number of hydrogen-bond donors (Lipinski definition) is 1. The molecular formula is C12H14FN3O. The summed E-state index contributed by atoms with van der Waals surface area (Å²) in [6.07, 6.45) is 0. The van der Waals surface area contributed by atoms with Crippen LogP contribution < -0.4 is 5.32 Å². The van der Waals surface area contributed by atoms with E-state index in [4.69, 9.17) is 4.42 Å². The highest BCUT2D eigenvalue weighted by Gasteiger charge is 2.08. The number of nitrogens with one attached hydrogen (secondary N) is 1. The van der Waals surface area contributed by atoms with Gasteiger partial charge in [0.2, 0.25) is 5.89 Å². The summed E-state index contributed by atoms with van der Waals surface area (Å²) in [5.74, 6) is 0.479. The lowest BCUT2D eigenvalue weighted by Gasteiger charge is -2.02. The molecule has 0 fully saturated rings. The maximum absolute atomic E-state index is 13.0. The Morgan fingerprint density at radius 2 is 2.18 bits per heavy atom. The average Bonchev–Trinajstić information content (AvgIpc) is 2.75. The molecule has 0 atom stereocenters.